The Morgan fingerprint density at radius 3 is 2.11 bits per heavy atom. The molecular formula is C39H68F2O4. The number of ether oxygens (including phenoxy) is 1. The Bertz CT molecular complexity index is 1020. The first-order valence-electron chi connectivity index (χ1n) is 18.8. The molecule has 0 bridgehead atoms. The van der Waals surface area contributed by atoms with Crippen LogP contribution in [0.25, 0.3) is 0 Å². The van der Waals surface area contributed by atoms with Crippen LogP contribution in [0.2, 0.25) is 0 Å². The highest BCUT2D eigenvalue weighted by Crippen LogP contribution is 2.73. The number of alkyl halides is 2. The van der Waals surface area contributed by atoms with Gasteiger partial charge < -0.3 is 20.1 Å². The maximum absolute atomic E-state index is 13.4. The van der Waals surface area contributed by atoms with E-state index in [-0.39, 0.29) is 51.9 Å². The maximum atomic E-state index is 13.4. The molecule has 262 valence electrons. The van der Waals surface area contributed by atoms with Crippen LogP contribution in [0.5, 0.6) is 0 Å². The van der Waals surface area contributed by atoms with E-state index in [1.165, 1.54) is 6.42 Å². The van der Waals surface area contributed by atoms with Gasteiger partial charge in [0.05, 0.1) is 24.4 Å². The van der Waals surface area contributed by atoms with Crippen LogP contribution in [0.15, 0.2) is 0 Å². The van der Waals surface area contributed by atoms with Gasteiger partial charge in [-0.2, -0.15) is 8.78 Å². The third kappa shape index (κ3) is 6.20. The fraction of sp³-hybridized carbons (Fsp3) is 1.00. The zero-order chi connectivity index (χ0) is 33.4. The van der Waals surface area contributed by atoms with Crippen molar-refractivity contribution in [3.63, 3.8) is 0 Å². The Hall–Kier alpha value is -0.300. The minimum Gasteiger partial charge on any atom is -0.393 e. The summed E-state index contributed by atoms with van der Waals surface area (Å²) in [6.45, 7) is 21.6. The zero-order valence-corrected chi connectivity index (χ0v) is 30.2. The summed E-state index contributed by atoms with van der Waals surface area (Å²) in [5, 5.41) is 35.5. The number of hydrogen-bond acceptors (Lipinski definition) is 4. The van der Waals surface area contributed by atoms with Crippen molar-refractivity contribution in [3.8, 4) is 0 Å². The minimum atomic E-state index is -3.05. The molecule has 0 radical (unpaired) electrons. The molecule has 0 heterocycles. The van der Waals surface area contributed by atoms with E-state index in [9.17, 15) is 24.1 Å². The van der Waals surface area contributed by atoms with Gasteiger partial charge >= 0.3 is 6.11 Å². The number of aliphatic hydroxyl groups is 3. The molecule has 45 heavy (non-hydrogen) atoms. The number of fused-ring (bicyclic) bond motifs is 3. The molecule has 0 aromatic heterocycles. The standard InChI is InChI=1S/C39H68F2O4/c1-21(2)29-17-27(14-11-26-12-15-28(16-13-26)45-39(10,40)41)23(4)32-30(29)19-36(7)20-37(8)18-22(3)31(25(6)42)35(44)38(37,9)24(5)33(36)34(32)43/h21-35,42-44H,11-20H2,1-10H3. The van der Waals surface area contributed by atoms with Gasteiger partial charge in [0.2, 0.25) is 0 Å². The first kappa shape index (κ1) is 36.0. The van der Waals surface area contributed by atoms with Crippen molar-refractivity contribution in [1.29, 1.82) is 0 Å². The van der Waals surface area contributed by atoms with Crippen LogP contribution in [-0.4, -0.2) is 45.8 Å². The smallest absolute Gasteiger partial charge is 0.353 e. The van der Waals surface area contributed by atoms with Crippen molar-refractivity contribution in [2.24, 2.45) is 81.3 Å². The third-order valence-electron chi connectivity index (χ3n) is 15.8. The molecule has 6 heteroatoms. The molecule has 5 rings (SSSR count). The summed E-state index contributed by atoms with van der Waals surface area (Å²) in [6, 6.07) is 0. The summed E-state index contributed by atoms with van der Waals surface area (Å²) in [5.41, 5.74) is -0.416. The van der Waals surface area contributed by atoms with Crippen LogP contribution in [0, 0.1) is 81.3 Å². The molecule has 5 aliphatic carbocycles. The lowest BCUT2D eigenvalue weighted by molar-refractivity contribution is -0.281. The molecule has 0 aliphatic heterocycles. The van der Waals surface area contributed by atoms with Crippen molar-refractivity contribution >= 4 is 0 Å². The van der Waals surface area contributed by atoms with Gasteiger partial charge in [0.25, 0.3) is 0 Å². The molecule has 0 aromatic rings. The maximum Gasteiger partial charge on any atom is 0.353 e. The Kier molecular flexibility index (Phi) is 10.0. The second kappa shape index (κ2) is 12.5. The van der Waals surface area contributed by atoms with E-state index in [0.717, 1.165) is 64.7 Å². The minimum absolute atomic E-state index is 0.0149. The largest absolute Gasteiger partial charge is 0.393 e. The molecule has 5 saturated carbocycles. The molecule has 0 spiro atoms. The molecule has 15 unspecified atom stereocenters. The van der Waals surface area contributed by atoms with Crippen molar-refractivity contribution in [1.82, 2.24) is 0 Å². The quantitative estimate of drug-likeness (QED) is 0.260. The predicted octanol–water partition coefficient (Wildman–Crippen LogP) is 8.95. The number of hydrogen-bond donors (Lipinski definition) is 3. The van der Waals surface area contributed by atoms with E-state index in [1.54, 1.807) is 0 Å². The highest BCUT2D eigenvalue weighted by atomic mass is 19.3. The summed E-state index contributed by atoms with van der Waals surface area (Å²) in [7, 11) is 0. The van der Waals surface area contributed by atoms with Gasteiger partial charge in [0.1, 0.15) is 0 Å². The monoisotopic (exact) mass is 639 g/mol. The van der Waals surface area contributed by atoms with E-state index in [0.29, 0.717) is 35.5 Å². The zero-order valence-electron chi connectivity index (χ0n) is 30.2. The summed E-state index contributed by atoms with van der Waals surface area (Å²) in [4.78, 5) is 0. The lowest BCUT2D eigenvalue weighted by Gasteiger charge is -2.72. The van der Waals surface area contributed by atoms with Gasteiger partial charge in [-0.15, -0.1) is 0 Å². The summed E-state index contributed by atoms with van der Waals surface area (Å²) < 4.78 is 31.8. The van der Waals surface area contributed by atoms with Gasteiger partial charge in [-0.25, -0.2) is 0 Å². The first-order valence-corrected chi connectivity index (χ1v) is 18.8. The summed E-state index contributed by atoms with van der Waals surface area (Å²) >= 11 is 0. The van der Waals surface area contributed by atoms with Crippen LogP contribution >= 0.6 is 0 Å². The van der Waals surface area contributed by atoms with Gasteiger partial charge in [-0.3, -0.25) is 0 Å². The molecule has 3 N–H and O–H groups in total. The molecule has 5 fully saturated rings. The van der Waals surface area contributed by atoms with Crippen molar-refractivity contribution < 1.29 is 28.8 Å². The lowest BCUT2D eigenvalue weighted by atomic mass is 9.33. The van der Waals surface area contributed by atoms with E-state index in [1.807, 2.05) is 6.92 Å². The normalized spacial score (nSPS) is 52.9. The number of aliphatic hydroxyl groups excluding tert-OH is 3. The molecule has 0 saturated heterocycles. The van der Waals surface area contributed by atoms with E-state index in [2.05, 4.69) is 55.4 Å². The van der Waals surface area contributed by atoms with E-state index in [4.69, 9.17) is 4.74 Å². The van der Waals surface area contributed by atoms with Crippen molar-refractivity contribution in [2.45, 2.75) is 164 Å². The average Bonchev–Trinajstić information content (AvgIpc) is 2.89. The van der Waals surface area contributed by atoms with E-state index >= 15 is 0 Å². The SMILES string of the molecule is CC(C)C1CC(CCC2CCC(OC(C)(F)F)CC2)C(C)C2C(O)C3C(C)C4(C)C(O)C(C(C)O)C(C)CC4(C)CC3(C)CC12. The molecule has 0 aromatic carbocycles. The molecule has 15 atom stereocenters. The predicted molar refractivity (Wildman–Crippen MR) is 176 cm³/mol. The fourth-order valence-corrected chi connectivity index (χ4v) is 13.6. The van der Waals surface area contributed by atoms with Crippen LogP contribution in [0.3, 0.4) is 0 Å². The highest BCUT2D eigenvalue weighted by molar-refractivity contribution is 5.19. The molecule has 5 aliphatic rings. The van der Waals surface area contributed by atoms with E-state index < -0.39 is 24.4 Å². The summed E-state index contributed by atoms with van der Waals surface area (Å²) in [6.07, 6.45) is 5.17. The Balaban J connectivity index is 1.36. The van der Waals surface area contributed by atoms with Gasteiger partial charge in [-0.05, 0) is 135 Å². The van der Waals surface area contributed by atoms with Gasteiger partial charge in [0, 0.05) is 18.3 Å². The Morgan fingerprint density at radius 1 is 0.933 bits per heavy atom. The number of halogens is 2. The van der Waals surface area contributed by atoms with Gasteiger partial charge in [-0.1, -0.05) is 61.8 Å². The summed E-state index contributed by atoms with van der Waals surface area (Å²) in [5.74, 6) is 3.84. The van der Waals surface area contributed by atoms with Crippen molar-refractivity contribution in [2.75, 3.05) is 0 Å². The lowest BCUT2D eigenvalue weighted by Crippen LogP contribution is -2.70. The fourth-order valence-electron chi connectivity index (χ4n) is 13.6. The van der Waals surface area contributed by atoms with Crippen LogP contribution < -0.4 is 0 Å². The average molecular weight is 639 g/mol. The second-order valence-electron chi connectivity index (χ2n) is 18.8. The van der Waals surface area contributed by atoms with Crippen LogP contribution in [-0.2, 0) is 4.74 Å². The highest BCUT2D eigenvalue weighted by Gasteiger charge is 2.70. The van der Waals surface area contributed by atoms with Gasteiger partial charge in [0.15, 0.2) is 0 Å². The molecular weight excluding hydrogens is 570 g/mol. The second-order valence-corrected chi connectivity index (χ2v) is 18.8. The number of rotatable bonds is 7. The Morgan fingerprint density at radius 2 is 1.56 bits per heavy atom. The van der Waals surface area contributed by atoms with Crippen LogP contribution in [0.1, 0.15) is 133 Å². The molecule has 4 nitrogen and oxygen atoms in total. The third-order valence-corrected chi connectivity index (χ3v) is 15.8. The van der Waals surface area contributed by atoms with Crippen LogP contribution in [0.4, 0.5) is 8.78 Å². The van der Waals surface area contributed by atoms with Crippen molar-refractivity contribution in [3.05, 3.63) is 0 Å². The molecule has 0 amide bonds. The first-order chi connectivity index (χ1) is 20.7. The topological polar surface area (TPSA) is 69.9 Å². The Labute approximate surface area is 273 Å².